The minimum atomic E-state index is -0.997. The number of carboxylic acid groups (broad SMARTS) is 1. The lowest BCUT2D eigenvalue weighted by Gasteiger charge is -2.20. The summed E-state index contributed by atoms with van der Waals surface area (Å²) >= 11 is 0. The summed E-state index contributed by atoms with van der Waals surface area (Å²) in [6.45, 7) is 5.00. The summed E-state index contributed by atoms with van der Waals surface area (Å²) in [7, 11) is 1.24. The Kier molecular flexibility index (Phi) is 6.77. The highest BCUT2D eigenvalue weighted by Crippen LogP contribution is 2.03. The molecular formula is C11H20N2O5. The lowest BCUT2D eigenvalue weighted by Crippen LogP contribution is -2.50. The zero-order valence-electron chi connectivity index (χ0n) is 11.0. The van der Waals surface area contributed by atoms with Gasteiger partial charge in [0, 0.05) is 6.54 Å². The van der Waals surface area contributed by atoms with Gasteiger partial charge in [-0.05, 0) is 5.92 Å². The Bertz CT molecular complexity index is 317. The quantitative estimate of drug-likeness (QED) is 0.592. The van der Waals surface area contributed by atoms with Gasteiger partial charge in [-0.15, -0.1) is 0 Å². The van der Waals surface area contributed by atoms with E-state index in [0.29, 0.717) is 0 Å². The first-order valence-corrected chi connectivity index (χ1v) is 5.64. The molecule has 0 rings (SSSR count). The van der Waals surface area contributed by atoms with E-state index >= 15 is 0 Å². The summed E-state index contributed by atoms with van der Waals surface area (Å²) in [6, 6.07) is -1.35. The smallest absolute Gasteiger partial charge is 0.328 e. The van der Waals surface area contributed by atoms with Crippen molar-refractivity contribution < 1.29 is 24.2 Å². The van der Waals surface area contributed by atoms with Crippen LogP contribution in [0.15, 0.2) is 0 Å². The number of nitrogens with one attached hydrogen (secondary N) is 2. The van der Waals surface area contributed by atoms with Gasteiger partial charge in [0.25, 0.3) is 0 Å². The van der Waals surface area contributed by atoms with Crippen LogP contribution in [0, 0.1) is 11.8 Å². The van der Waals surface area contributed by atoms with E-state index in [-0.39, 0.29) is 12.5 Å². The minimum absolute atomic E-state index is 0.00679. The van der Waals surface area contributed by atoms with Crippen molar-refractivity contribution in [2.45, 2.75) is 26.8 Å². The fraction of sp³-hybridized carbons (Fsp3) is 0.727. The molecule has 0 aliphatic rings. The number of carbonyl (C=O) groups is 3. The van der Waals surface area contributed by atoms with Crippen LogP contribution in [-0.2, 0) is 14.3 Å². The molecule has 0 aliphatic carbocycles. The lowest BCUT2D eigenvalue weighted by molar-refractivity contribution is -0.144. The van der Waals surface area contributed by atoms with Crippen molar-refractivity contribution in [3.05, 3.63) is 0 Å². The second-order valence-corrected chi connectivity index (χ2v) is 4.34. The van der Waals surface area contributed by atoms with E-state index in [2.05, 4.69) is 15.4 Å². The maximum Gasteiger partial charge on any atom is 0.328 e. The largest absolute Gasteiger partial charge is 0.481 e. The van der Waals surface area contributed by atoms with Crippen molar-refractivity contribution in [2.75, 3.05) is 13.7 Å². The van der Waals surface area contributed by atoms with E-state index in [1.165, 1.54) is 14.0 Å². The Hall–Kier alpha value is -1.79. The molecule has 0 aliphatic heterocycles. The number of carboxylic acids is 1. The average Bonchev–Trinajstić information content (AvgIpc) is 2.31. The highest BCUT2D eigenvalue weighted by atomic mass is 16.5. The molecule has 104 valence electrons. The third kappa shape index (κ3) is 5.51. The molecule has 0 saturated heterocycles. The molecule has 7 heteroatoms. The Morgan fingerprint density at radius 2 is 1.78 bits per heavy atom. The van der Waals surface area contributed by atoms with Gasteiger partial charge in [-0.2, -0.15) is 0 Å². The fourth-order valence-electron chi connectivity index (χ4n) is 1.15. The van der Waals surface area contributed by atoms with Gasteiger partial charge in [0.05, 0.1) is 13.0 Å². The SMILES string of the molecule is COC(=O)C(NC(=O)NCC(C)C(=O)O)C(C)C. The number of hydrogen-bond acceptors (Lipinski definition) is 4. The Morgan fingerprint density at radius 1 is 1.22 bits per heavy atom. The molecule has 0 heterocycles. The van der Waals surface area contributed by atoms with Crippen LogP contribution in [0.5, 0.6) is 0 Å². The predicted octanol–water partition coefficient (Wildman–Crippen LogP) is 0.204. The standard InChI is InChI=1S/C11H20N2O5/c1-6(2)8(10(16)18-4)13-11(17)12-5-7(3)9(14)15/h6-8H,5H2,1-4H3,(H,14,15)(H2,12,13,17). The van der Waals surface area contributed by atoms with Crippen LogP contribution in [0.3, 0.4) is 0 Å². The zero-order valence-corrected chi connectivity index (χ0v) is 11.0. The van der Waals surface area contributed by atoms with Gasteiger partial charge < -0.3 is 20.5 Å². The molecule has 0 saturated carbocycles. The number of rotatable bonds is 6. The molecule has 3 N–H and O–H groups in total. The van der Waals surface area contributed by atoms with E-state index in [0.717, 1.165) is 0 Å². The summed E-state index contributed by atoms with van der Waals surface area (Å²) < 4.78 is 4.56. The maximum absolute atomic E-state index is 11.5. The molecule has 0 aromatic heterocycles. The molecule has 18 heavy (non-hydrogen) atoms. The molecule has 0 aromatic carbocycles. The van der Waals surface area contributed by atoms with Gasteiger partial charge >= 0.3 is 18.0 Å². The molecular weight excluding hydrogens is 240 g/mol. The van der Waals surface area contributed by atoms with Crippen LogP contribution in [0.25, 0.3) is 0 Å². The molecule has 0 aromatic rings. The zero-order chi connectivity index (χ0) is 14.3. The molecule has 0 fully saturated rings. The van der Waals surface area contributed by atoms with Crippen LogP contribution < -0.4 is 10.6 Å². The number of carbonyl (C=O) groups excluding carboxylic acids is 2. The van der Waals surface area contributed by atoms with Crippen molar-refractivity contribution in [3.8, 4) is 0 Å². The first kappa shape index (κ1) is 16.2. The van der Waals surface area contributed by atoms with Crippen molar-refractivity contribution in [2.24, 2.45) is 11.8 Å². The van der Waals surface area contributed by atoms with Crippen LogP contribution in [0.4, 0.5) is 4.79 Å². The number of ether oxygens (including phenoxy) is 1. The monoisotopic (exact) mass is 260 g/mol. The normalized spacial score (nSPS) is 13.6. The van der Waals surface area contributed by atoms with E-state index in [9.17, 15) is 14.4 Å². The Balaban J connectivity index is 4.27. The summed E-state index contributed by atoms with van der Waals surface area (Å²) in [4.78, 5) is 33.4. The van der Waals surface area contributed by atoms with Crippen molar-refractivity contribution in [3.63, 3.8) is 0 Å². The first-order valence-electron chi connectivity index (χ1n) is 5.64. The molecule has 7 nitrogen and oxygen atoms in total. The highest BCUT2D eigenvalue weighted by Gasteiger charge is 2.25. The van der Waals surface area contributed by atoms with E-state index in [1.54, 1.807) is 13.8 Å². The van der Waals surface area contributed by atoms with Gasteiger partial charge in [-0.3, -0.25) is 4.79 Å². The topological polar surface area (TPSA) is 105 Å². The van der Waals surface area contributed by atoms with E-state index < -0.39 is 29.9 Å². The van der Waals surface area contributed by atoms with Gasteiger partial charge in [0.1, 0.15) is 6.04 Å². The number of aliphatic carboxylic acids is 1. The third-order valence-electron chi connectivity index (χ3n) is 2.40. The number of amides is 2. The average molecular weight is 260 g/mol. The molecule has 0 spiro atoms. The Labute approximate surface area is 106 Å². The van der Waals surface area contributed by atoms with Crippen LogP contribution in [-0.4, -0.2) is 42.8 Å². The van der Waals surface area contributed by atoms with Crippen LogP contribution in [0.1, 0.15) is 20.8 Å². The highest BCUT2D eigenvalue weighted by molar-refractivity contribution is 5.84. The summed E-state index contributed by atoms with van der Waals surface area (Å²) in [5.74, 6) is -2.35. The number of esters is 1. The fourth-order valence-corrected chi connectivity index (χ4v) is 1.15. The summed E-state index contributed by atoms with van der Waals surface area (Å²) in [5, 5.41) is 13.5. The Morgan fingerprint density at radius 3 is 2.17 bits per heavy atom. The van der Waals surface area contributed by atoms with Gasteiger partial charge in [-0.1, -0.05) is 20.8 Å². The predicted molar refractivity (Wildman–Crippen MR) is 64.0 cm³/mol. The van der Waals surface area contributed by atoms with Gasteiger partial charge in [0.2, 0.25) is 0 Å². The molecule has 2 unspecified atom stereocenters. The minimum Gasteiger partial charge on any atom is -0.481 e. The number of urea groups is 1. The molecule has 2 atom stereocenters. The van der Waals surface area contributed by atoms with E-state index in [4.69, 9.17) is 5.11 Å². The number of methoxy groups -OCH3 is 1. The molecule has 0 bridgehead atoms. The van der Waals surface area contributed by atoms with Crippen molar-refractivity contribution in [1.82, 2.24) is 10.6 Å². The second-order valence-electron chi connectivity index (χ2n) is 4.34. The summed E-state index contributed by atoms with van der Waals surface area (Å²) in [5.41, 5.74) is 0. The number of hydrogen-bond donors (Lipinski definition) is 3. The van der Waals surface area contributed by atoms with Gasteiger partial charge in [0.15, 0.2) is 0 Å². The first-order chi connectivity index (χ1) is 8.29. The van der Waals surface area contributed by atoms with Crippen LogP contribution in [0.2, 0.25) is 0 Å². The van der Waals surface area contributed by atoms with Crippen molar-refractivity contribution in [1.29, 1.82) is 0 Å². The molecule has 2 amide bonds. The van der Waals surface area contributed by atoms with Gasteiger partial charge in [-0.25, -0.2) is 9.59 Å². The summed E-state index contributed by atoms with van der Waals surface area (Å²) in [6.07, 6.45) is 0. The molecule has 0 radical (unpaired) electrons. The second kappa shape index (κ2) is 7.52. The third-order valence-corrected chi connectivity index (χ3v) is 2.40. The lowest BCUT2D eigenvalue weighted by atomic mass is 10.1. The maximum atomic E-state index is 11.5. The van der Waals surface area contributed by atoms with E-state index in [1.807, 2.05) is 0 Å². The van der Waals surface area contributed by atoms with Crippen LogP contribution >= 0.6 is 0 Å². The van der Waals surface area contributed by atoms with Crippen molar-refractivity contribution >= 4 is 18.0 Å².